The van der Waals surface area contributed by atoms with Gasteiger partial charge in [0.25, 0.3) is 0 Å². The fourth-order valence-corrected chi connectivity index (χ4v) is 5.00. The molecule has 3 rings (SSSR count). The fourth-order valence-electron chi connectivity index (χ4n) is 3.84. The molecule has 1 heterocycles. The molecule has 1 aromatic heterocycles. The summed E-state index contributed by atoms with van der Waals surface area (Å²) in [5, 5.41) is 4.26. The summed E-state index contributed by atoms with van der Waals surface area (Å²) in [5.41, 5.74) is 7.51. The number of amides is 1. The van der Waals surface area contributed by atoms with Crippen LogP contribution in [0, 0.1) is 5.92 Å². The van der Waals surface area contributed by atoms with E-state index in [-0.39, 0.29) is 48.8 Å². The first kappa shape index (κ1) is 24.6. The number of hydrogen-bond donors (Lipinski definition) is 2. The number of carbonyl (C=O) groups is 1. The van der Waals surface area contributed by atoms with E-state index in [0.717, 1.165) is 45.1 Å². The number of nitrogens with two attached hydrogens (primary N) is 1. The van der Waals surface area contributed by atoms with Gasteiger partial charge in [-0.05, 0) is 51.4 Å². The number of halogens is 2. The van der Waals surface area contributed by atoms with E-state index in [1.807, 2.05) is 11.3 Å². The van der Waals surface area contributed by atoms with Gasteiger partial charge < -0.3 is 15.8 Å². The predicted octanol–water partition coefficient (Wildman–Crippen LogP) is 3.45. The van der Waals surface area contributed by atoms with Crippen molar-refractivity contribution in [3.05, 3.63) is 15.6 Å². The van der Waals surface area contributed by atoms with Crippen molar-refractivity contribution in [2.24, 2.45) is 11.7 Å². The van der Waals surface area contributed by atoms with Crippen LogP contribution in [0.15, 0.2) is 0 Å². The van der Waals surface area contributed by atoms with Crippen molar-refractivity contribution < 1.29 is 9.53 Å². The van der Waals surface area contributed by atoms with Crippen LogP contribution < -0.4 is 11.1 Å². The van der Waals surface area contributed by atoms with Gasteiger partial charge in [-0.3, -0.25) is 4.79 Å². The summed E-state index contributed by atoms with van der Waals surface area (Å²) in [6.45, 7) is 3.53. The Bertz CT molecular complexity index is 562. The minimum absolute atomic E-state index is 0. The average Bonchev–Trinajstić information content (AvgIpc) is 3.03. The lowest BCUT2D eigenvalue weighted by molar-refractivity contribution is -0.127. The number of hydrogen-bond acceptors (Lipinski definition) is 5. The number of nitrogens with zero attached hydrogens (tertiary/aromatic N) is 1. The van der Waals surface area contributed by atoms with Crippen molar-refractivity contribution in [1.29, 1.82) is 0 Å². The Morgan fingerprint density at radius 2 is 2.07 bits per heavy atom. The molecule has 1 fully saturated rings. The van der Waals surface area contributed by atoms with E-state index in [9.17, 15) is 4.79 Å². The molecule has 0 aliphatic heterocycles. The van der Waals surface area contributed by atoms with Crippen molar-refractivity contribution in [2.75, 3.05) is 13.2 Å². The zero-order valence-electron chi connectivity index (χ0n) is 16.1. The molecule has 1 amide bonds. The highest BCUT2D eigenvalue weighted by molar-refractivity contribution is 7.11. The lowest BCUT2D eigenvalue weighted by atomic mass is 9.83. The van der Waals surface area contributed by atoms with E-state index in [0.29, 0.717) is 6.54 Å². The number of thiazole rings is 1. The number of fused-ring (bicyclic) bond motifs is 1. The van der Waals surface area contributed by atoms with E-state index >= 15 is 0 Å². The molecule has 156 valence electrons. The number of nitrogens with one attached hydrogen (secondary N) is 1. The third-order valence-corrected chi connectivity index (χ3v) is 6.49. The van der Waals surface area contributed by atoms with Gasteiger partial charge in [0, 0.05) is 36.4 Å². The summed E-state index contributed by atoms with van der Waals surface area (Å²) in [6, 6.07) is -0.0262. The maximum atomic E-state index is 12.4. The van der Waals surface area contributed by atoms with Crippen LogP contribution in [0.25, 0.3) is 0 Å². The normalized spacial score (nSPS) is 24.3. The van der Waals surface area contributed by atoms with Crippen LogP contribution in [0.5, 0.6) is 0 Å². The van der Waals surface area contributed by atoms with E-state index in [4.69, 9.17) is 15.5 Å². The highest BCUT2D eigenvalue weighted by Crippen LogP contribution is 2.27. The number of aromatic nitrogens is 1. The monoisotopic (exact) mass is 437 g/mol. The van der Waals surface area contributed by atoms with Gasteiger partial charge in [-0.15, -0.1) is 36.2 Å². The molecule has 5 nitrogen and oxygen atoms in total. The first-order valence-electron chi connectivity index (χ1n) is 9.79. The summed E-state index contributed by atoms with van der Waals surface area (Å²) in [4.78, 5) is 18.6. The molecule has 3 N–H and O–H groups in total. The van der Waals surface area contributed by atoms with Gasteiger partial charge in [0.1, 0.15) is 0 Å². The molecule has 0 bridgehead atoms. The molecule has 27 heavy (non-hydrogen) atoms. The molecule has 0 spiro atoms. The zero-order chi connectivity index (χ0) is 17.6. The molecular formula is C19H33Cl2N3O2S. The lowest BCUT2D eigenvalue weighted by Crippen LogP contribution is -2.46. The zero-order valence-corrected chi connectivity index (χ0v) is 18.5. The summed E-state index contributed by atoms with van der Waals surface area (Å²) >= 11 is 1.83. The number of ether oxygens (including phenoxy) is 1. The minimum atomic E-state index is -0.0262. The number of rotatable bonds is 7. The Labute approximate surface area is 179 Å². The van der Waals surface area contributed by atoms with Crippen molar-refractivity contribution >= 4 is 42.1 Å². The van der Waals surface area contributed by atoms with Gasteiger partial charge in [0.05, 0.1) is 16.8 Å². The van der Waals surface area contributed by atoms with Crippen molar-refractivity contribution in [2.45, 2.75) is 76.9 Å². The predicted molar refractivity (Wildman–Crippen MR) is 115 cm³/mol. The molecule has 1 aromatic rings. The summed E-state index contributed by atoms with van der Waals surface area (Å²) < 4.78 is 5.79. The second-order valence-electron chi connectivity index (χ2n) is 7.31. The maximum Gasteiger partial charge on any atom is 0.223 e. The fraction of sp³-hybridized carbons (Fsp3) is 0.789. The topological polar surface area (TPSA) is 77.2 Å². The minimum Gasteiger partial charge on any atom is -0.377 e. The Balaban J connectivity index is 0.00000182. The third kappa shape index (κ3) is 6.86. The summed E-state index contributed by atoms with van der Waals surface area (Å²) in [5.74, 6) is 0.173. The molecule has 0 unspecified atom stereocenters. The molecule has 1 saturated carbocycles. The number of carbonyl (C=O) groups excluding carboxylic acids is 1. The van der Waals surface area contributed by atoms with E-state index in [1.165, 1.54) is 34.8 Å². The molecular weight excluding hydrogens is 405 g/mol. The smallest absolute Gasteiger partial charge is 0.223 e. The maximum absolute atomic E-state index is 12.4. The van der Waals surface area contributed by atoms with Crippen LogP contribution in [0.2, 0.25) is 0 Å². The van der Waals surface area contributed by atoms with Crippen molar-refractivity contribution in [3.8, 4) is 0 Å². The molecule has 0 saturated heterocycles. The standard InChI is InChI=1S/C19H31N3O2S.2ClH/c1-2-11-24-16-8-7-13(12-14(16)20)19(23)21-10-9-18-22-15-5-3-4-6-17(15)25-18;;/h13-14,16H,2-12,20H2,1H3,(H,21,23);2*1H/t13-,14+,16+;;/m0../s1. The van der Waals surface area contributed by atoms with Crippen molar-refractivity contribution in [1.82, 2.24) is 10.3 Å². The van der Waals surface area contributed by atoms with Gasteiger partial charge in [-0.1, -0.05) is 6.92 Å². The molecule has 2 aliphatic carbocycles. The lowest BCUT2D eigenvalue weighted by Gasteiger charge is -2.33. The first-order valence-corrected chi connectivity index (χ1v) is 10.6. The van der Waals surface area contributed by atoms with Gasteiger partial charge >= 0.3 is 0 Å². The number of aryl methyl sites for hydroxylation is 2. The van der Waals surface area contributed by atoms with Crippen LogP contribution >= 0.6 is 36.2 Å². The second kappa shape index (κ2) is 12.2. The van der Waals surface area contributed by atoms with Crippen LogP contribution in [-0.4, -0.2) is 36.2 Å². The Kier molecular flexibility index (Phi) is 11.2. The molecule has 3 atom stereocenters. The van der Waals surface area contributed by atoms with Gasteiger partial charge in [0.15, 0.2) is 0 Å². The van der Waals surface area contributed by atoms with E-state index in [2.05, 4.69) is 12.2 Å². The van der Waals surface area contributed by atoms with E-state index in [1.54, 1.807) is 0 Å². The summed E-state index contributed by atoms with van der Waals surface area (Å²) in [6.07, 6.45) is 9.31. The quantitative estimate of drug-likeness (QED) is 0.684. The highest BCUT2D eigenvalue weighted by atomic mass is 35.5. The van der Waals surface area contributed by atoms with E-state index < -0.39 is 0 Å². The van der Waals surface area contributed by atoms with Crippen LogP contribution in [0.3, 0.4) is 0 Å². The Morgan fingerprint density at radius 1 is 1.30 bits per heavy atom. The molecule has 8 heteroatoms. The second-order valence-corrected chi connectivity index (χ2v) is 8.48. The third-order valence-electron chi connectivity index (χ3n) is 5.27. The average molecular weight is 438 g/mol. The summed E-state index contributed by atoms with van der Waals surface area (Å²) in [7, 11) is 0. The Hall–Kier alpha value is -0.400. The van der Waals surface area contributed by atoms with Gasteiger partial charge in [-0.2, -0.15) is 0 Å². The van der Waals surface area contributed by atoms with Crippen LogP contribution in [0.4, 0.5) is 0 Å². The highest BCUT2D eigenvalue weighted by Gasteiger charge is 2.32. The molecule has 2 aliphatic rings. The SMILES string of the molecule is CCCO[C@@H]1CC[C@H](C(=O)NCCc2nc3c(s2)CCCC3)C[C@H]1N.Cl.Cl. The first-order chi connectivity index (χ1) is 12.2. The van der Waals surface area contributed by atoms with Gasteiger partial charge in [0.2, 0.25) is 5.91 Å². The Morgan fingerprint density at radius 3 is 2.78 bits per heavy atom. The van der Waals surface area contributed by atoms with Crippen molar-refractivity contribution in [3.63, 3.8) is 0 Å². The van der Waals surface area contributed by atoms with Crippen LogP contribution in [0.1, 0.15) is 61.0 Å². The molecule has 0 aromatic carbocycles. The van der Waals surface area contributed by atoms with Gasteiger partial charge in [-0.25, -0.2) is 4.98 Å². The molecule has 0 radical (unpaired) electrons. The van der Waals surface area contributed by atoms with Crippen LogP contribution in [-0.2, 0) is 28.8 Å². The largest absolute Gasteiger partial charge is 0.377 e.